The number of nitro groups is 1. The second kappa shape index (κ2) is 11.4. The third-order valence-corrected chi connectivity index (χ3v) is 5.47. The number of nitro benzene ring substituents is 1. The topological polar surface area (TPSA) is 84.3 Å². The Morgan fingerprint density at radius 2 is 2.23 bits per heavy atom. The lowest BCUT2D eigenvalue weighted by atomic mass is 10.1. The minimum atomic E-state index is -0.404. The summed E-state index contributed by atoms with van der Waals surface area (Å²) in [7, 11) is 0. The van der Waals surface area contributed by atoms with Gasteiger partial charge in [-0.2, -0.15) is 0 Å². The highest BCUT2D eigenvalue weighted by molar-refractivity contribution is 7.99. The van der Waals surface area contributed by atoms with Crippen molar-refractivity contribution in [1.82, 2.24) is 10.6 Å². The lowest BCUT2D eigenvalue weighted by Crippen LogP contribution is -2.26. The Morgan fingerprint density at radius 1 is 1.46 bits per heavy atom. The smallest absolute Gasteiger partial charge is 0.283 e. The summed E-state index contributed by atoms with van der Waals surface area (Å²) in [5.41, 5.74) is 0.367. The van der Waals surface area contributed by atoms with Gasteiger partial charge in [0.25, 0.3) is 11.6 Å². The van der Waals surface area contributed by atoms with Crippen LogP contribution in [0.25, 0.3) is 0 Å². The molecule has 0 bridgehead atoms. The number of carbonyl (C=O) groups excluding carboxylic acids is 1. The average Bonchev–Trinajstić information content (AvgIpc) is 3.07. The average molecular weight is 402 g/mol. The minimum Gasteiger partial charge on any atom is -0.352 e. The first kappa shape index (κ1) is 22.7. The summed E-state index contributed by atoms with van der Waals surface area (Å²) in [6, 6.07) is 4.76. The van der Waals surface area contributed by atoms with Crippen molar-refractivity contribution in [3.8, 4) is 0 Å². The Morgan fingerprint density at radius 3 is 2.85 bits per heavy atom. The van der Waals surface area contributed by atoms with Gasteiger partial charge in [-0.1, -0.05) is 13.8 Å². The molecule has 8 heteroatoms. The molecule has 0 aliphatic carbocycles. The van der Waals surface area contributed by atoms with Crippen LogP contribution in [0.3, 0.4) is 0 Å². The molecule has 1 aliphatic heterocycles. The molecular weight excluding hydrogens is 374 g/mol. The van der Waals surface area contributed by atoms with Crippen molar-refractivity contribution in [3.05, 3.63) is 33.9 Å². The lowest BCUT2D eigenvalue weighted by molar-refractivity contribution is -0.387. The third kappa shape index (κ3) is 7.13. The first-order chi connectivity index (χ1) is 12.0. The maximum Gasteiger partial charge on any atom is 0.283 e. The molecule has 2 rings (SSSR count). The zero-order valence-corrected chi connectivity index (χ0v) is 17.0. The summed E-state index contributed by atoms with van der Waals surface area (Å²) >= 11 is 1.48. The molecule has 1 aromatic carbocycles. The van der Waals surface area contributed by atoms with Crippen LogP contribution in [0.1, 0.15) is 43.5 Å². The highest BCUT2D eigenvalue weighted by Crippen LogP contribution is 2.31. The number of amides is 1. The van der Waals surface area contributed by atoms with Crippen LogP contribution >= 0.6 is 24.2 Å². The Kier molecular flexibility index (Phi) is 9.98. The Balaban J connectivity index is 0.00000338. The van der Waals surface area contributed by atoms with Crippen molar-refractivity contribution >= 4 is 35.8 Å². The molecule has 0 aromatic heterocycles. The van der Waals surface area contributed by atoms with Gasteiger partial charge in [0.05, 0.1) is 9.82 Å². The summed E-state index contributed by atoms with van der Waals surface area (Å²) in [4.78, 5) is 23.8. The SMILES string of the molecule is CC(C)CCSc1ccc(C(=O)NCCC2CCNC2)cc1[N+](=O)[O-].Cl. The standard InChI is InChI=1S/C18H27N3O3S.ClH/c1-13(2)7-10-25-17-4-3-15(11-16(17)21(23)24)18(22)20-9-6-14-5-8-19-12-14;/h3-4,11,13-14,19H,5-10,12H2,1-2H3,(H,20,22);1H. The highest BCUT2D eigenvalue weighted by atomic mass is 35.5. The van der Waals surface area contributed by atoms with E-state index in [1.165, 1.54) is 17.8 Å². The maximum absolute atomic E-state index is 12.3. The van der Waals surface area contributed by atoms with E-state index in [4.69, 9.17) is 0 Å². The van der Waals surface area contributed by atoms with Crippen molar-refractivity contribution in [1.29, 1.82) is 0 Å². The van der Waals surface area contributed by atoms with Gasteiger partial charge >= 0.3 is 0 Å². The second-order valence-electron chi connectivity index (χ2n) is 6.87. The first-order valence-electron chi connectivity index (χ1n) is 8.87. The van der Waals surface area contributed by atoms with Crippen LogP contribution in [0.15, 0.2) is 23.1 Å². The van der Waals surface area contributed by atoms with Crippen molar-refractivity contribution in [3.63, 3.8) is 0 Å². The monoisotopic (exact) mass is 401 g/mol. The predicted octanol–water partition coefficient (Wildman–Crippen LogP) is 3.88. The normalized spacial score (nSPS) is 16.3. The van der Waals surface area contributed by atoms with Crippen LogP contribution in [0.4, 0.5) is 5.69 Å². The highest BCUT2D eigenvalue weighted by Gasteiger charge is 2.19. The largest absolute Gasteiger partial charge is 0.352 e. The van der Waals surface area contributed by atoms with Gasteiger partial charge in [-0.3, -0.25) is 14.9 Å². The van der Waals surface area contributed by atoms with E-state index in [0.29, 0.717) is 28.8 Å². The molecule has 0 saturated carbocycles. The van der Waals surface area contributed by atoms with Crippen molar-refractivity contribution < 1.29 is 9.72 Å². The Labute approximate surface area is 165 Å². The molecule has 146 valence electrons. The molecule has 1 unspecified atom stereocenters. The zero-order chi connectivity index (χ0) is 18.2. The number of benzene rings is 1. The van der Waals surface area contributed by atoms with Gasteiger partial charge < -0.3 is 10.6 Å². The van der Waals surface area contributed by atoms with Gasteiger partial charge in [0.1, 0.15) is 0 Å². The summed E-state index contributed by atoms with van der Waals surface area (Å²) in [5.74, 6) is 1.76. The second-order valence-corrected chi connectivity index (χ2v) is 8.01. The van der Waals surface area contributed by atoms with Crippen LogP contribution in [0.5, 0.6) is 0 Å². The molecule has 26 heavy (non-hydrogen) atoms. The molecule has 1 saturated heterocycles. The van der Waals surface area contributed by atoms with Crippen molar-refractivity contribution in [2.45, 2.75) is 38.0 Å². The fourth-order valence-corrected chi connectivity index (χ4v) is 4.04. The molecule has 2 N–H and O–H groups in total. The molecule has 0 radical (unpaired) electrons. The molecule has 1 aromatic rings. The van der Waals surface area contributed by atoms with Gasteiger partial charge in [-0.25, -0.2) is 0 Å². The van der Waals surface area contributed by atoms with Gasteiger partial charge in [0.2, 0.25) is 0 Å². The van der Waals surface area contributed by atoms with Crippen LogP contribution < -0.4 is 10.6 Å². The van der Waals surface area contributed by atoms with E-state index in [0.717, 1.165) is 38.1 Å². The van der Waals surface area contributed by atoms with E-state index in [9.17, 15) is 14.9 Å². The fraction of sp³-hybridized carbons (Fsp3) is 0.611. The first-order valence-corrected chi connectivity index (χ1v) is 9.86. The maximum atomic E-state index is 12.3. The van der Waals surface area contributed by atoms with Crippen molar-refractivity contribution in [2.24, 2.45) is 11.8 Å². The number of halogens is 1. The van der Waals surface area contributed by atoms with Crippen LogP contribution in [0.2, 0.25) is 0 Å². The van der Waals surface area contributed by atoms with Crippen molar-refractivity contribution in [2.75, 3.05) is 25.4 Å². The quantitative estimate of drug-likeness (QED) is 0.372. The van der Waals surface area contributed by atoms with E-state index in [2.05, 4.69) is 24.5 Å². The zero-order valence-electron chi connectivity index (χ0n) is 15.3. The van der Waals surface area contributed by atoms with Gasteiger partial charge in [-0.05, 0) is 62.1 Å². The fourth-order valence-electron chi connectivity index (χ4n) is 2.78. The number of nitrogens with zero attached hydrogens (tertiary/aromatic N) is 1. The summed E-state index contributed by atoms with van der Waals surface area (Å²) in [6.07, 6.45) is 3.08. The van der Waals surface area contributed by atoms with Crippen LogP contribution in [-0.2, 0) is 0 Å². The number of hydrogen-bond donors (Lipinski definition) is 2. The van der Waals surface area contributed by atoms with Crippen LogP contribution in [0, 0.1) is 22.0 Å². The number of hydrogen-bond acceptors (Lipinski definition) is 5. The van der Waals surface area contributed by atoms with Gasteiger partial charge in [0.15, 0.2) is 0 Å². The summed E-state index contributed by atoms with van der Waals surface area (Å²) < 4.78 is 0. The van der Waals surface area contributed by atoms with Gasteiger partial charge in [0, 0.05) is 18.2 Å². The lowest BCUT2D eigenvalue weighted by Gasteiger charge is -2.10. The molecule has 1 amide bonds. The van der Waals surface area contributed by atoms with E-state index >= 15 is 0 Å². The van der Waals surface area contributed by atoms with E-state index < -0.39 is 4.92 Å². The van der Waals surface area contributed by atoms with E-state index in [1.807, 2.05) is 0 Å². The van der Waals surface area contributed by atoms with E-state index in [1.54, 1.807) is 12.1 Å². The van der Waals surface area contributed by atoms with Gasteiger partial charge in [-0.15, -0.1) is 24.2 Å². The molecule has 1 heterocycles. The molecule has 0 spiro atoms. The Bertz CT molecular complexity index is 607. The minimum absolute atomic E-state index is 0. The summed E-state index contributed by atoms with van der Waals surface area (Å²) in [6.45, 7) is 6.91. The van der Waals surface area contributed by atoms with Crippen LogP contribution in [-0.4, -0.2) is 36.2 Å². The number of thioether (sulfide) groups is 1. The Hall–Kier alpha value is -1.31. The predicted molar refractivity (Wildman–Crippen MR) is 108 cm³/mol. The number of carbonyl (C=O) groups is 1. The molecule has 1 fully saturated rings. The molecule has 1 atom stereocenters. The molecule has 1 aliphatic rings. The van der Waals surface area contributed by atoms with E-state index in [-0.39, 0.29) is 24.0 Å². The number of rotatable bonds is 9. The molecular formula is C18H28ClN3O3S. The molecule has 6 nitrogen and oxygen atoms in total. The summed E-state index contributed by atoms with van der Waals surface area (Å²) in [5, 5.41) is 17.5. The number of nitrogens with one attached hydrogen (secondary N) is 2. The third-order valence-electron chi connectivity index (χ3n) is 4.37.